The van der Waals surface area contributed by atoms with Crippen molar-refractivity contribution in [2.45, 2.75) is 0 Å². The Kier molecular flexibility index (Phi) is 3.42. The van der Waals surface area contributed by atoms with Crippen molar-refractivity contribution < 1.29 is 14.0 Å². The normalized spacial score (nSPS) is 10.6. The first-order valence-electron chi connectivity index (χ1n) is 6.62. The molecule has 0 atom stereocenters. The van der Waals surface area contributed by atoms with Gasteiger partial charge in [-0.2, -0.15) is 9.78 Å². The molecule has 0 unspecified atom stereocenters. The zero-order valence-corrected chi connectivity index (χ0v) is 11.7. The third-order valence-corrected chi connectivity index (χ3v) is 3.31. The number of nitrogens with zero attached hydrogens (tertiary/aromatic N) is 2. The quantitative estimate of drug-likeness (QED) is 0.789. The first kappa shape index (κ1) is 13.9. The van der Waals surface area contributed by atoms with Gasteiger partial charge in [0.2, 0.25) is 0 Å². The van der Waals surface area contributed by atoms with Gasteiger partial charge in [0.15, 0.2) is 5.69 Å². The molecule has 3 aromatic rings. The molecule has 1 N–H and O–H groups in total. The fraction of sp³-hybridized carbons (Fsp3) is 0.0625. The molecule has 0 radical (unpaired) electrons. The van der Waals surface area contributed by atoms with Gasteiger partial charge in [0.05, 0.1) is 5.52 Å². The number of aromatic nitrogens is 2. The smallest absolute Gasteiger partial charge is 0.278 e. The van der Waals surface area contributed by atoms with Crippen LogP contribution in [0.2, 0.25) is 0 Å². The summed E-state index contributed by atoms with van der Waals surface area (Å²) in [5.41, 5.74) is 0.988. The van der Waals surface area contributed by atoms with Crippen LogP contribution in [-0.4, -0.2) is 28.6 Å². The van der Waals surface area contributed by atoms with Gasteiger partial charge < -0.3 is 5.32 Å². The molecule has 1 aromatic heterocycles. The Hall–Kier alpha value is -3.02. The van der Waals surface area contributed by atoms with Crippen LogP contribution in [0, 0.1) is 5.82 Å². The first-order chi connectivity index (χ1) is 10.6. The summed E-state index contributed by atoms with van der Waals surface area (Å²) in [7, 11) is 1.50. The second-order valence-corrected chi connectivity index (χ2v) is 4.67. The molecule has 0 fully saturated rings. The number of fused-ring (bicyclic) bond motifs is 1. The summed E-state index contributed by atoms with van der Waals surface area (Å²) in [6, 6.07) is 12.1. The van der Waals surface area contributed by atoms with Crippen LogP contribution in [0.5, 0.6) is 0 Å². The monoisotopic (exact) mass is 297 g/mol. The first-order valence-corrected chi connectivity index (χ1v) is 6.62. The topological polar surface area (TPSA) is 64.0 Å². The SMILES string of the molecule is CNC(=O)c1nn(C(=O)c2ccc(F)cc2)c2ccccc12. The molecule has 2 aromatic carbocycles. The van der Waals surface area contributed by atoms with Crippen molar-refractivity contribution in [2.24, 2.45) is 0 Å². The fourth-order valence-electron chi connectivity index (χ4n) is 2.22. The minimum Gasteiger partial charge on any atom is -0.354 e. The molecule has 22 heavy (non-hydrogen) atoms. The molecular formula is C16H12FN3O2. The molecule has 0 saturated carbocycles. The maximum Gasteiger partial charge on any atom is 0.278 e. The standard InChI is InChI=1S/C16H12FN3O2/c1-18-15(21)14-12-4-2-3-5-13(12)20(19-14)16(22)10-6-8-11(17)9-7-10/h2-9H,1H3,(H,18,21). The predicted molar refractivity (Wildman–Crippen MR) is 79.3 cm³/mol. The van der Waals surface area contributed by atoms with Crippen molar-refractivity contribution in [3.05, 3.63) is 65.6 Å². The van der Waals surface area contributed by atoms with Crippen LogP contribution in [-0.2, 0) is 0 Å². The molecule has 110 valence electrons. The minimum absolute atomic E-state index is 0.175. The molecular weight excluding hydrogens is 285 g/mol. The lowest BCUT2D eigenvalue weighted by molar-refractivity contribution is 0.0943. The number of amides is 1. The number of carbonyl (C=O) groups is 2. The fourth-order valence-corrected chi connectivity index (χ4v) is 2.22. The highest BCUT2D eigenvalue weighted by Gasteiger charge is 2.20. The van der Waals surface area contributed by atoms with E-state index in [1.807, 2.05) is 0 Å². The van der Waals surface area contributed by atoms with E-state index < -0.39 is 11.7 Å². The maximum atomic E-state index is 13.0. The van der Waals surface area contributed by atoms with Crippen molar-refractivity contribution in [3.63, 3.8) is 0 Å². The number of hydrogen-bond donors (Lipinski definition) is 1. The maximum absolute atomic E-state index is 13.0. The van der Waals surface area contributed by atoms with Crippen LogP contribution in [0.4, 0.5) is 4.39 Å². The number of halogens is 1. The lowest BCUT2D eigenvalue weighted by Crippen LogP contribution is -2.20. The van der Waals surface area contributed by atoms with E-state index in [1.54, 1.807) is 24.3 Å². The summed E-state index contributed by atoms with van der Waals surface area (Å²) in [5.74, 6) is -1.22. The Morgan fingerprint density at radius 1 is 1.09 bits per heavy atom. The van der Waals surface area contributed by atoms with Gasteiger partial charge in [-0.1, -0.05) is 18.2 Å². The summed E-state index contributed by atoms with van der Waals surface area (Å²) in [6.45, 7) is 0. The average Bonchev–Trinajstić information content (AvgIpc) is 2.94. The minimum atomic E-state index is -0.425. The van der Waals surface area contributed by atoms with E-state index in [1.165, 1.54) is 31.3 Å². The number of para-hydroxylation sites is 1. The van der Waals surface area contributed by atoms with Gasteiger partial charge in [0, 0.05) is 18.0 Å². The van der Waals surface area contributed by atoms with Crippen molar-refractivity contribution in [1.29, 1.82) is 0 Å². The van der Waals surface area contributed by atoms with Crippen LogP contribution in [0.1, 0.15) is 20.8 Å². The van der Waals surface area contributed by atoms with Crippen molar-refractivity contribution >= 4 is 22.7 Å². The van der Waals surface area contributed by atoms with Crippen LogP contribution >= 0.6 is 0 Å². The van der Waals surface area contributed by atoms with Crippen LogP contribution in [0.25, 0.3) is 10.9 Å². The summed E-state index contributed by atoms with van der Waals surface area (Å²) in [6.07, 6.45) is 0. The highest BCUT2D eigenvalue weighted by molar-refractivity contribution is 6.09. The van der Waals surface area contributed by atoms with Crippen LogP contribution in [0.15, 0.2) is 48.5 Å². The third kappa shape index (κ3) is 2.24. The van der Waals surface area contributed by atoms with Crippen molar-refractivity contribution in [2.75, 3.05) is 7.05 Å². The van der Waals surface area contributed by atoms with Crippen LogP contribution < -0.4 is 5.32 Å². The molecule has 0 aliphatic heterocycles. The van der Waals surface area contributed by atoms with Gasteiger partial charge in [-0.05, 0) is 30.3 Å². The second-order valence-electron chi connectivity index (χ2n) is 4.67. The molecule has 0 aliphatic rings. The zero-order valence-electron chi connectivity index (χ0n) is 11.7. The third-order valence-electron chi connectivity index (χ3n) is 3.31. The molecule has 0 saturated heterocycles. The second kappa shape index (κ2) is 5.40. The number of rotatable bonds is 2. The van der Waals surface area contributed by atoms with Gasteiger partial charge in [0.1, 0.15) is 5.82 Å². The van der Waals surface area contributed by atoms with Gasteiger partial charge in [0.25, 0.3) is 11.8 Å². The predicted octanol–water partition coefficient (Wildman–Crippen LogP) is 2.22. The number of benzene rings is 2. The lowest BCUT2D eigenvalue weighted by Gasteiger charge is -2.02. The van der Waals surface area contributed by atoms with Gasteiger partial charge in [-0.15, -0.1) is 0 Å². The summed E-state index contributed by atoms with van der Waals surface area (Å²) < 4.78 is 14.1. The van der Waals surface area contributed by atoms with E-state index >= 15 is 0 Å². The summed E-state index contributed by atoms with van der Waals surface area (Å²) in [5, 5.41) is 7.20. The zero-order chi connectivity index (χ0) is 15.7. The van der Waals surface area contributed by atoms with E-state index in [0.29, 0.717) is 10.9 Å². The van der Waals surface area contributed by atoms with E-state index in [2.05, 4.69) is 10.4 Å². The Morgan fingerprint density at radius 3 is 2.45 bits per heavy atom. The Labute approximate surface area is 125 Å². The number of carbonyl (C=O) groups excluding carboxylic acids is 2. The number of nitrogens with one attached hydrogen (secondary N) is 1. The Bertz CT molecular complexity index is 869. The molecule has 0 bridgehead atoms. The highest BCUT2D eigenvalue weighted by Crippen LogP contribution is 2.19. The van der Waals surface area contributed by atoms with Gasteiger partial charge in [-0.25, -0.2) is 4.39 Å². The molecule has 6 heteroatoms. The molecule has 1 amide bonds. The molecule has 5 nitrogen and oxygen atoms in total. The van der Waals surface area contributed by atoms with E-state index in [4.69, 9.17) is 0 Å². The highest BCUT2D eigenvalue weighted by atomic mass is 19.1. The number of hydrogen-bond acceptors (Lipinski definition) is 3. The van der Waals surface area contributed by atoms with Crippen molar-refractivity contribution in [3.8, 4) is 0 Å². The lowest BCUT2D eigenvalue weighted by atomic mass is 10.2. The van der Waals surface area contributed by atoms with Gasteiger partial charge >= 0.3 is 0 Å². The van der Waals surface area contributed by atoms with Crippen molar-refractivity contribution in [1.82, 2.24) is 15.1 Å². The molecule has 0 aliphatic carbocycles. The molecule has 1 heterocycles. The largest absolute Gasteiger partial charge is 0.354 e. The summed E-state index contributed by atoms with van der Waals surface area (Å²) in [4.78, 5) is 24.4. The van der Waals surface area contributed by atoms with Gasteiger partial charge in [-0.3, -0.25) is 9.59 Å². The van der Waals surface area contributed by atoms with E-state index in [0.717, 1.165) is 4.68 Å². The summed E-state index contributed by atoms with van der Waals surface area (Å²) >= 11 is 0. The van der Waals surface area contributed by atoms with E-state index in [-0.39, 0.29) is 17.2 Å². The average molecular weight is 297 g/mol. The Balaban J connectivity index is 2.16. The van der Waals surface area contributed by atoms with E-state index in [9.17, 15) is 14.0 Å². The van der Waals surface area contributed by atoms with Crippen LogP contribution in [0.3, 0.4) is 0 Å². The molecule has 0 spiro atoms. The molecule has 3 rings (SSSR count). The Morgan fingerprint density at radius 2 is 1.77 bits per heavy atom.